The summed E-state index contributed by atoms with van der Waals surface area (Å²) in [6.07, 6.45) is -0.179. The van der Waals surface area contributed by atoms with Crippen LogP contribution in [0.25, 0.3) is 0 Å². The normalized spacial score (nSPS) is 12.2. The fourth-order valence-corrected chi connectivity index (χ4v) is 2.31. The first-order chi connectivity index (χ1) is 9.51. The number of hydrogen-bond donors (Lipinski definition) is 1. The quantitative estimate of drug-likeness (QED) is 0.920. The van der Waals surface area contributed by atoms with E-state index >= 15 is 0 Å². The van der Waals surface area contributed by atoms with E-state index in [0.29, 0.717) is 17.5 Å². The summed E-state index contributed by atoms with van der Waals surface area (Å²) in [5.74, 6) is 0.559. The van der Waals surface area contributed by atoms with Gasteiger partial charge in [0.2, 0.25) is 0 Å². The van der Waals surface area contributed by atoms with Crippen LogP contribution in [0.4, 0.5) is 4.39 Å². The van der Waals surface area contributed by atoms with Crippen molar-refractivity contribution < 1.29 is 14.2 Å². The van der Waals surface area contributed by atoms with Crippen molar-refractivity contribution in [3.05, 3.63) is 64.5 Å². The van der Waals surface area contributed by atoms with Crippen molar-refractivity contribution >= 4 is 0 Å². The molecule has 0 aliphatic carbocycles. The van der Waals surface area contributed by atoms with Crippen LogP contribution in [0.15, 0.2) is 36.4 Å². The second-order valence-electron chi connectivity index (χ2n) is 5.04. The highest BCUT2D eigenvalue weighted by molar-refractivity contribution is 5.34. The summed E-state index contributed by atoms with van der Waals surface area (Å²) in [7, 11) is 1.61. The Hall–Kier alpha value is -1.87. The van der Waals surface area contributed by atoms with Crippen LogP contribution in [0.5, 0.6) is 5.75 Å². The molecule has 0 saturated carbocycles. The van der Waals surface area contributed by atoms with Gasteiger partial charge in [-0.2, -0.15) is 0 Å². The molecule has 2 nitrogen and oxygen atoms in total. The van der Waals surface area contributed by atoms with Gasteiger partial charge in [-0.15, -0.1) is 0 Å². The molecule has 0 aliphatic rings. The molecule has 1 atom stereocenters. The lowest BCUT2D eigenvalue weighted by Gasteiger charge is -2.14. The summed E-state index contributed by atoms with van der Waals surface area (Å²) in [6.45, 7) is 3.42. The summed E-state index contributed by atoms with van der Waals surface area (Å²) >= 11 is 0. The largest absolute Gasteiger partial charge is 0.497 e. The van der Waals surface area contributed by atoms with E-state index in [2.05, 4.69) is 0 Å². The molecule has 0 spiro atoms. The summed E-state index contributed by atoms with van der Waals surface area (Å²) in [4.78, 5) is 0. The fourth-order valence-electron chi connectivity index (χ4n) is 2.31. The molecule has 0 heterocycles. The van der Waals surface area contributed by atoms with Gasteiger partial charge >= 0.3 is 0 Å². The maximum absolute atomic E-state index is 13.6. The number of aliphatic hydroxyl groups excluding tert-OH is 1. The predicted octanol–water partition coefficient (Wildman–Crippen LogP) is 3.73. The van der Waals surface area contributed by atoms with Gasteiger partial charge in [0, 0.05) is 6.42 Å². The van der Waals surface area contributed by atoms with E-state index in [1.807, 2.05) is 24.3 Å². The van der Waals surface area contributed by atoms with Gasteiger partial charge in [0.25, 0.3) is 0 Å². The third-order valence-electron chi connectivity index (χ3n) is 3.41. The van der Waals surface area contributed by atoms with E-state index in [9.17, 15) is 9.50 Å². The summed E-state index contributed by atoms with van der Waals surface area (Å²) in [5, 5.41) is 10.3. The van der Waals surface area contributed by atoms with E-state index in [1.165, 1.54) is 0 Å². The molecule has 0 radical (unpaired) electrons. The maximum atomic E-state index is 13.6. The summed E-state index contributed by atoms with van der Waals surface area (Å²) < 4.78 is 18.8. The molecule has 2 rings (SSSR count). The van der Waals surface area contributed by atoms with Gasteiger partial charge in [-0.3, -0.25) is 0 Å². The van der Waals surface area contributed by atoms with Gasteiger partial charge in [-0.1, -0.05) is 24.3 Å². The third-order valence-corrected chi connectivity index (χ3v) is 3.41. The Kier molecular flexibility index (Phi) is 4.40. The van der Waals surface area contributed by atoms with E-state index in [-0.39, 0.29) is 5.82 Å². The zero-order valence-electron chi connectivity index (χ0n) is 12.0. The van der Waals surface area contributed by atoms with Crippen molar-refractivity contribution in [2.75, 3.05) is 7.11 Å². The molecule has 3 heteroatoms. The number of aryl methyl sites for hydroxylation is 2. The smallest absolute Gasteiger partial charge is 0.129 e. The van der Waals surface area contributed by atoms with E-state index in [4.69, 9.17) is 4.74 Å². The molecular formula is C17H19FO2. The SMILES string of the molecule is COc1cccc(CC(O)c2cc(C)c(F)c(C)c2)c1. The molecule has 0 fully saturated rings. The van der Waals surface area contributed by atoms with Gasteiger partial charge < -0.3 is 9.84 Å². The van der Waals surface area contributed by atoms with Crippen LogP contribution in [0.3, 0.4) is 0 Å². The molecule has 0 aromatic heterocycles. The van der Waals surface area contributed by atoms with Crippen molar-refractivity contribution in [2.45, 2.75) is 26.4 Å². The van der Waals surface area contributed by atoms with E-state index in [0.717, 1.165) is 16.9 Å². The van der Waals surface area contributed by atoms with Crippen LogP contribution < -0.4 is 4.74 Å². The molecule has 1 N–H and O–H groups in total. The number of benzene rings is 2. The number of hydrogen-bond acceptors (Lipinski definition) is 2. The fraction of sp³-hybridized carbons (Fsp3) is 0.294. The van der Waals surface area contributed by atoms with Crippen molar-refractivity contribution in [1.29, 1.82) is 0 Å². The third kappa shape index (κ3) is 3.17. The van der Waals surface area contributed by atoms with Gasteiger partial charge in [-0.25, -0.2) is 4.39 Å². The lowest BCUT2D eigenvalue weighted by molar-refractivity contribution is 0.178. The van der Waals surface area contributed by atoms with Gasteiger partial charge in [-0.05, 0) is 48.2 Å². The highest BCUT2D eigenvalue weighted by Gasteiger charge is 2.12. The van der Waals surface area contributed by atoms with Crippen LogP contribution in [0.2, 0.25) is 0 Å². The molecule has 0 bridgehead atoms. The molecule has 1 unspecified atom stereocenters. The minimum absolute atomic E-state index is 0.206. The Morgan fingerprint density at radius 2 is 1.80 bits per heavy atom. The van der Waals surface area contributed by atoms with Crippen LogP contribution in [0.1, 0.15) is 28.4 Å². The lowest BCUT2D eigenvalue weighted by atomic mass is 9.97. The van der Waals surface area contributed by atoms with Crippen molar-refractivity contribution in [3.8, 4) is 5.75 Å². The highest BCUT2D eigenvalue weighted by atomic mass is 19.1. The first kappa shape index (κ1) is 14.5. The Morgan fingerprint density at radius 1 is 1.15 bits per heavy atom. The second-order valence-corrected chi connectivity index (χ2v) is 5.04. The minimum Gasteiger partial charge on any atom is -0.497 e. The standard InChI is InChI=1S/C17H19FO2/c1-11-7-14(8-12(2)17(11)18)16(19)10-13-5-4-6-15(9-13)20-3/h4-9,16,19H,10H2,1-3H3. The minimum atomic E-state index is -0.653. The number of aliphatic hydroxyl groups is 1. The molecule has 106 valence electrons. The lowest BCUT2D eigenvalue weighted by Crippen LogP contribution is -2.04. The molecule has 2 aromatic carbocycles. The van der Waals surface area contributed by atoms with Crippen molar-refractivity contribution in [1.82, 2.24) is 0 Å². The summed E-state index contributed by atoms with van der Waals surface area (Å²) in [5.41, 5.74) is 2.84. The Morgan fingerprint density at radius 3 is 2.40 bits per heavy atom. The number of ether oxygens (including phenoxy) is 1. The first-order valence-electron chi connectivity index (χ1n) is 6.59. The van der Waals surface area contributed by atoms with Crippen molar-refractivity contribution in [2.24, 2.45) is 0 Å². The monoisotopic (exact) mass is 274 g/mol. The molecule has 2 aromatic rings. The average molecular weight is 274 g/mol. The molecule has 0 saturated heterocycles. The van der Waals surface area contributed by atoms with Crippen molar-refractivity contribution in [3.63, 3.8) is 0 Å². The topological polar surface area (TPSA) is 29.5 Å². The molecule has 20 heavy (non-hydrogen) atoms. The van der Waals surface area contributed by atoms with Gasteiger partial charge in [0.15, 0.2) is 0 Å². The maximum Gasteiger partial charge on any atom is 0.129 e. The number of rotatable bonds is 4. The van der Waals surface area contributed by atoms with E-state index in [1.54, 1.807) is 33.1 Å². The van der Waals surface area contributed by atoms with E-state index < -0.39 is 6.10 Å². The van der Waals surface area contributed by atoms with Crippen LogP contribution in [-0.2, 0) is 6.42 Å². The second kappa shape index (κ2) is 6.06. The first-order valence-corrected chi connectivity index (χ1v) is 6.59. The Labute approximate surface area is 118 Å². The Balaban J connectivity index is 2.21. The van der Waals surface area contributed by atoms with Crippen LogP contribution in [0, 0.1) is 19.7 Å². The molecule has 0 aliphatic heterocycles. The molecular weight excluding hydrogens is 255 g/mol. The zero-order chi connectivity index (χ0) is 14.7. The number of methoxy groups -OCH3 is 1. The Bertz CT molecular complexity index is 585. The van der Waals surface area contributed by atoms with Gasteiger partial charge in [0.1, 0.15) is 11.6 Å². The predicted molar refractivity (Wildman–Crippen MR) is 77.5 cm³/mol. The highest BCUT2D eigenvalue weighted by Crippen LogP contribution is 2.24. The van der Waals surface area contributed by atoms with Gasteiger partial charge in [0.05, 0.1) is 13.2 Å². The summed E-state index contributed by atoms with van der Waals surface area (Å²) in [6, 6.07) is 11.0. The molecule has 0 amide bonds. The average Bonchev–Trinajstić information content (AvgIpc) is 2.44. The van der Waals surface area contributed by atoms with Crippen LogP contribution >= 0.6 is 0 Å². The van der Waals surface area contributed by atoms with Crippen LogP contribution in [-0.4, -0.2) is 12.2 Å². The zero-order valence-corrected chi connectivity index (χ0v) is 12.0. The number of halogens is 1.